The Labute approximate surface area is 174 Å². The van der Waals surface area contributed by atoms with Gasteiger partial charge in [0.1, 0.15) is 0 Å². The van der Waals surface area contributed by atoms with E-state index in [1.54, 1.807) is 0 Å². The summed E-state index contributed by atoms with van der Waals surface area (Å²) in [6.07, 6.45) is 4.18. The van der Waals surface area contributed by atoms with Gasteiger partial charge in [-0.05, 0) is 50.4 Å². The average molecular weight is 390 g/mol. The molecule has 4 rings (SSSR count). The molecule has 0 radical (unpaired) electrons. The molecular formula is C24H31N5. The Kier molecular flexibility index (Phi) is 6.25. The van der Waals surface area contributed by atoms with Gasteiger partial charge in [0.15, 0.2) is 0 Å². The first-order valence-electron chi connectivity index (χ1n) is 10.7. The summed E-state index contributed by atoms with van der Waals surface area (Å²) in [4.78, 5) is 5.14. The molecule has 0 N–H and O–H groups in total. The molecule has 0 saturated carbocycles. The molecule has 5 heteroatoms. The minimum atomic E-state index is 0.923. The first kappa shape index (κ1) is 19.6. The number of aryl methyl sites for hydroxylation is 2. The molecule has 5 nitrogen and oxygen atoms in total. The first-order valence-corrected chi connectivity index (χ1v) is 10.7. The number of benzene rings is 2. The maximum absolute atomic E-state index is 4.28. The van der Waals surface area contributed by atoms with E-state index in [4.69, 9.17) is 0 Å². The van der Waals surface area contributed by atoms with Crippen LogP contribution in [-0.4, -0.2) is 52.6 Å². The number of hydrogen-bond acceptors (Lipinski definition) is 4. The highest BCUT2D eigenvalue weighted by atomic mass is 15.4. The van der Waals surface area contributed by atoms with E-state index in [9.17, 15) is 0 Å². The third kappa shape index (κ3) is 4.67. The van der Waals surface area contributed by atoms with E-state index in [0.29, 0.717) is 0 Å². The molecule has 2 heterocycles. The van der Waals surface area contributed by atoms with Crippen LogP contribution in [0.1, 0.15) is 24.0 Å². The largest absolute Gasteiger partial charge is 0.369 e. The van der Waals surface area contributed by atoms with Crippen LogP contribution in [0, 0.1) is 13.8 Å². The highest BCUT2D eigenvalue weighted by Crippen LogP contribution is 2.24. The second-order valence-electron chi connectivity index (χ2n) is 7.96. The van der Waals surface area contributed by atoms with Crippen LogP contribution in [-0.2, 0) is 6.54 Å². The molecule has 1 aromatic heterocycles. The molecule has 1 aliphatic heterocycles. The van der Waals surface area contributed by atoms with E-state index >= 15 is 0 Å². The number of unbranched alkanes of at least 4 members (excludes halogenated alkanes) is 1. The van der Waals surface area contributed by atoms with Gasteiger partial charge in [-0.2, -0.15) is 0 Å². The summed E-state index contributed by atoms with van der Waals surface area (Å²) in [6, 6.07) is 17.0. The van der Waals surface area contributed by atoms with Gasteiger partial charge in [0.2, 0.25) is 0 Å². The lowest BCUT2D eigenvalue weighted by Gasteiger charge is -2.37. The van der Waals surface area contributed by atoms with E-state index in [1.807, 2.05) is 16.9 Å². The number of piperazine rings is 1. The van der Waals surface area contributed by atoms with Crippen molar-refractivity contribution in [1.82, 2.24) is 19.9 Å². The first-order chi connectivity index (χ1) is 14.2. The minimum Gasteiger partial charge on any atom is -0.369 e. The fraction of sp³-hybridized carbons (Fsp3) is 0.417. The number of hydrogen-bond donors (Lipinski definition) is 0. The standard InChI is InChI=1S/C24H31N5/c1-20-9-8-12-23(21(20)2)28-17-15-27(16-18-28)13-6-7-14-29-24(19-25-26-29)22-10-4-3-5-11-22/h3-5,8-12,19H,6-7,13-18H2,1-2H3. The summed E-state index contributed by atoms with van der Waals surface area (Å²) >= 11 is 0. The van der Waals surface area contributed by atoms with Gasteiger partial charge in [-0.1, -0.05) is 47.7 Å². The molecule has 1 fully saturated rings. The van der Waals surface area contributed by atoms with Crippen molar-refractivity contribution in [2.45, 2.75) is 33.2 Å². The van der Waals surface area contributed by atoms with Crippen molar-refractivity contribution in [1.29, 1.82) is 0 Å². The lowest BCUT2D eigenvalue weighted by atomic mass is 10.1. The second kappa shape index (κ2) is 9.23. The zero-order valence-electron chi connectivity index (χ0n) is 17.6. The number of aromatic nitrogens is 3. The molecule has 1 saturated heterocycles. The Morgan fingerprint density at radius 2 is 1.59 bits per heavy atom. The summed E-state index contributed by atoms with van der Waals surface area (Å²) < 4.78 is 2.04. The predicted octanol–water partition coefficient (Wildman–Crippen LogP) is 4.16. The molecule has 3 aromatic rings. The summed E-state index contributed by atoms with van der Waals surface area (Å²) in [5.74, 6) is 0. The quantitative estimate of drug-likeness (QED) is 0.569. The highest BCUT2D eigenvalue weighted by Gasteiger charge is 2.18. The maximum atomic E-state index is 4.28. The van der Waals surface area contributed by atoms with Crippen LogP contribution in [0.5, 0.6) is 0 Å². The smallest absolute Gasteiger partial charge is 0.0885 e. The fourth-order valence-corrected chi connectivity index (χ4v) is 4.14. The van der Waals surface area contributed by atoms with Gasteiger partial charge in [-0.25, -0.2) is 4.68 Å². The van der Waals surface area contributed by atoms with Crippen LogP contribution in [0.25, 0.3) is 11.3 Å². The van der Waals surface area contributed by atoms with E-state index in [1.165, 1.54) is 28.8 Å². The van der Waals surface area contributed by atoms with Crippen LogP contribution in [0.15, 0.2) is 54.7 Å². The van der Waals surface area contributed by atoms with Gasteiger partial charge in [0, 0.05) is 44.0 Å². The Morgan fingerprint density at radius 3 is 2.38 bits per heavy atom. The van der Waals surface area contributed by atoms with Crippen LogP contribution >= 0.6 is 0 Å². The molecule has 1 aliphatic rings. The molecule has 0 amide bonds. The van der Waals surface area contributed by atoms with E-state index in [0.717, 1.165) is 51.4 Å². The Hall–Kier alpha value is -2.66. The molecule has 0 bridgehead atoms. The molecule has 0 aliphatic carbocycles. The van der Waals surface area contributed by atoms with Crippen LogP contribution in [0.2, 0.25) is 0 Å². The molecule has 0 spiro atoms. The average Bonchev–Trinajstić information content (AvgIpc) is 3.23. The van der Waals surface area contributed by atoms with Gasteiger partial charge in [-0.3, -0.25) is 4.90 Å². The van der Waals surface area contributed by atoms with Gasteiger partial charge >= 0.3 is 0 Å². The number of anilines is 1. The summed E-state index contributed by atoms with van der Waals surface area (Å²) in [5.41, 5.74) is 6.49. The Bertz CT molecular complexity index is 910. The van der Waals surface area contributed by atoms with Gasteiger partial charge in [0.05, 0.1) is 11.9 Å². The SMILES string of the molecule is Cc1cccc(N2CCN(CCCCn3nncc3-c3ccccc3)CC2)c1C. The number of nitrogens with zero attached hydrogens (tertiary/aromatic N) is 5. The lowest BCUT2D eigenvalue weighted by Crippen LogP contribution is -2.46. The van der Waals surface area contributed by atoms with Gasteiger partial charge in [-0.15, -0.1) is 5.10 Å². The molecule has 0 atom stereocenters. The normalized spacial score (nSPS) is 15.0. The van der Waals surface area contributed by atoms with Crippen molar-refractivity contribution in [3.8, 4) is 11.3 Å². The Balaban J connectivity index is 1.22. The molecule has 152 valence electrons. The second-order valence-corrected chi connectivity index (χ2v) is 7.96. The molecule has 29 heavy (non-hydrogen) atoms. The highest BCUT2D eigenvalue weighted by molar-refractivity contribution is 5.58. The minimum absolute atomic E-state index is 0.923. The van der Waals surface area contributed by atoms with Gasteiger partial charge in [0.25, 0.3) is 0 Å². The molecule has 0 unspecified atom stereocenters. The maximum Gasteiger partial charge on any atom is 0.0885 e. The van der Waals surface area contributed by atoms with Crippen molar-refractivity contribution in [2.24, 2.45) is 0 Å². The van der Waals surface area contributed by atoms with E-state index in [-0.39, 0.29) is 0 Å². The fourth-order valence-electron chi connectivity index (χ4n) is 4.14. The summed E-state index contributed by atoms with van der Waals surface area (Å²) in [6.45, 7) is 11.1. The number of rotatable bonds is 7. The van der Waals surface area contributed by atoms with Crippen molar-refractivity contribution >= 4 is 5.69 Å². The van der Waals surface area contributed by atoms with Crippen LogP contribution in [0.3, 0.4) is 0 Å². The van der Waals surface area contributed by atoms with E-state index in [2.05, 4.69) is 76.4 Å². The summed E-state index contributed by atoms with van der Waals surface area (Å²) in [5, 5.41) is 8.40. The molecular weight excluding hydrogens is 358 g/mol. The third-order valence-corrected chi connectivity index (χ3v) is 6.07. The lowest BCUT2D eigenvalue weighted by molar-refractivity contribution is 0.250. The monoisotopic (exact) mass is 389 g/mol. The van der Waals surface area contributed by atoms with Gasteiger partial charge < -0.3 is 4.90 Å². The van der Waals surface area contributed by atoms with Crippen molar-refractivity contribution < 1.29 is 0 Å². The van der Waals surface area contributed by atoms with Crippen LogP contribution < -0.4 is 4.90 Å². The topological polar surface area (TPSA) is 37.2 Å². The zero-order chi connectivity index (χ0) is 20.1. The zero-order valence-corrected chi connectivity index (χ0v) is 17.6. The van der Waals surface area contributed by atoms with Crippen molar-refractivity contribution in [2.75, 3.05) is 37.6 Å². The Morgan fingerprint density at radius 1 is 0.828 bits per heavy atom. The third-order valence-electron chi connectivity index (χ3n) is 6.07. The van der Waals surface area contributed by atoms with E-state index < -0.39 is 0 Å². The predicted molar refractivity (Wildman–Crippen MR) is 119 cm³/mol. The summed E-state index contributed by atoms with van der Waals surface area (Å²) in [7, 11) is 0. The molecule has 2 aromatic carbocycles. The van der Waals surface area contributed by atoms with Crippen molar-refractivity contribution in [3.63, 3.8) is 0 Å². The van der Waals surface area contributed by atoms with Crippen LogP contribution in [0.4, 0.5) is 5.69 Å². The van der Waals surface area contributed by atoms with Crippen molar-refractivity contribution in [3.05, 3.63) is 65.9 Å².